The Balaban J connectivity index is 1.60. The summed E-state index contributed by atoms with van der Waals surface area (Å²) in [4.78, 5) is 26.8. The highest BCUT2D eigenvalue weighted by atomic mass is 32.2. The molecule has 0 aliphatic heterocycles. The molecule has 0 amide bonds. The summed E-state index contributed by atoms with van der Waals surface area (Å²) in [6.45, 7) is 1.89. The van der Waals surface area contributed by atoms with Gasteiger partial charge in [-0.25, -0.2) is 17.9 Å². The lowest BCUT2D eigenvalue weighted by Crippen LogP contribution is -2.34. The number of fused-ring (bicyclic) bond motifs is 2. The lowest BCUT2D eigenvalue weighted by atomic mass is 9.80. The first-order valence-corrected chi connectivity index (χ1v) is 15.5. The highest BCUT2D eigenvalue weighted by Crippen LogP contribution is 2.41. The first-order valence-electron chi connectivity index (χ1n) is 14.0. The maximum absolute atomic E-state index is 14.0. The summed E-state index contributed by atoms with van der Waals surface area (Å²) in [5.74, 6) is -0.949. The van der Waals surface area contributed by atoms with Crippen molar-refractivity contribution in [1.29, 1.82) is 0 Å². The summed E-state index contributed by atoms with van der Waals surface area (Å²) < 4.78 is 36.5. The molecule has 0 unspecified atom stereocenters. The molecular formula is C36H29NO5S. The first kappa shape index (κ1) is 28.3. The van der Waals surface area contributed by atoms with Gasteiger partial charge >= 0.3 is 5.63 Å². The Morgan fingerprint density at radius 1 is 0.744 bits per heavy atom. The second-order valence-corrected chi connectivity index (χ2v) is 12.3. The van der Waals surface area contributed by atoms with E-state index in [0.29, 0.717) is 27.7 Å². The number of hydrogen-bond donors (Lipinski definition) is 1. The molecule has 214 valence electrons. The molecule has 0 aliphatic rings. The van der Waals surface area contributed by atoms with Gasteiger partial charge in [0.15, 0.2) is 5.78 Å². The van der Waals surface area contributed by atoms with Crippen LogP contribution in [0.2, 0.25) is 0 Å². The van der Waals surface area contributed by atoms with E-state index in [-0.39, 0.29) is 17.1 Å². The van der Waals surface area contributed by atoms with Gasteiger partial charge in [-0.3, -0.25) is 4.79 Å². The van der Waals surface area contributed by atoms with Crippen molar-refractivity contribution in [2.24, 2.45) is 0 Å². The molecule has 0 bridgehead atoms. The largest absolute Gasteiger partial charge is 0.423 e. The Bertz CT molecular complexity index is 2100. The Kier molecular flexibility index (Phi) is 7.76. The van der Waals surface area contributed by atoms with E-state index in [2.05, 4.69) is 4.72 Å². The number of carbonyl (C=O) groups is 1. The van der Waals surface area contributed by atoms with Crippen molar-refractivity contribution in [3.05, 3.63) is 160 Å². The molecule has 6 nitrogen and oxygen atoms in total. The maximum Gasteiger partial charge on any atom is 0.336 e. The van der Waals surface area contributed by atoms with Crippen molar-refractivity contribution < 1.29 is 17.6 Å². The van der Waals surface area contributed by atoms with Gasteiger partial charge in [0.05, 0.1) is 10.9 Å². The van der Waals surface area contributed by atoms with Crippen LogP contribution < -0.4 is 10.3 Å². The van der Waals surface area contributed by atoms with E-state index >= 15 is 0 Å². The van der Waals surface area contributed by atoms with Crippen molar-refractivity contribution in [3.63, 3.8) is 0 Å². The number of benzene rings is 5. The van der Waals surface area contributed by atoms with E-state index in [1.807, 2.05) is 67.6 Å². The quantitative estimate of drug-likeness (QED) is 0.141. The summed E-state index contributed by atoms with van der Waals surface area (Å²) in [5, 5.41) is 2.39. The van der Waals surface area contributed by atoms with Crippen LogP contribution in [0.25, 0.3) is 21.7 Å². The van der Waals surface area contributed by atoms with Gasteiger partial charge < -0.3 is 4.42 Å². The van der Waals surface area contributed by atoms with E-state index in [4.69, 9.17) is 4.42 Å². The number of ketones is 1. The maximum atomic E-state index is 14.0. The van der Waals surface area contributed by atoms with E-state index < -0.39 is 27.6 Å². The van der Waals surface area contributed by atoms with Gasteiger partial charge in [-0.15, -0.1) is 0 Å². The Morgan fingerprint density at radius 3 is 2.16 bits per heavy atom. The van der Waals surface area contributed by atoms with Gasteiger partial charge in [0.25, 0.3) is 0 Å². The average Bonchev–Trinajstić information content (AvgIpc) is 3.02. The molecule has 6 rings (SSSR count). The first-order chi connectivity index (χ1) is 20.8. The topological polar surface area (TPSA) is 93.5 Å². The normalized spacial score (nSPS) is 13.1. The highest BCUT2D eigenvalue weighted by molar-refractivity contribution is 7.89. The zero-order valence-electron chi connectivity index (χ0n) is 23.4. The van der Waals surface area contributed by atoms with E-state index in [9.17, 15) is 18.0 Å². The number of nitrogens with one attached hydrogen (secondary N) is 1. The fraction of sp³-hybridized carbons (Fsp3) is 0.111. The molecule has 0 spiro atoms. The summed E-state index contributed by atoms with van der Waals surface area (Å²) in [5.41, 5.74) is 2.43. The minimum absolute atomic E-state index is 0.0677. The number of Topliss-reactive ketones (excluding diaryl/α,β-unsaturated/α-hetero) is 1. The summed E-state index contributed by atoms with van der Waals surface area (Å²) >= 11 is 0. The highest BCUT2D eigenvalue weighted by Gasteiger charge is 2.34. The van der Waals surface area contributed by atoms with Crippen molar-refractivity contribution in [2.75, 3.05) is 0 Å². The molecule has 5 aromatic carbocycles. The molecule has 0 saturated carbocycles. The summed E-state index contributed by atoms with van der Waals surface area (Å²) in [6, 6.07) is 36.5. The van der Waals surface area contributed by atoms with Gasteiger partial charge in [0, 0.05) is 29.4 Å². The zero-order chi connectivity index (χ0) is 30.0. The van der Waals surface area contributed by atoms with Crippen molar-refractivity contribution in [3.8, 4) is 0 Å². The van der Waals surface area contributed by atoms with E-state index in [0.717, 1.165) is 16.3 Å². The SMILES string of the molecule is Cc1ccc(S(=O)(=O)N[C@H](c2cccc3ccccc23)[C@@H](CC(=O)c2ccccc2)c2cc(=O)oc3ccccc23)cc1. The number of rotatable bonds is 9. The molecule has 1 heterocycles. The third-order valence-electron chi connectivity index (χ3n) is 7.76. The molecule has 7 heteroatoms. The lowest BCUT2D eigenvalue weighted by Gasteiger charge is -2.30. The van der Waals surface area contributed by atoms with Gasteiger partial charge in [-0.1, -0.05) is 109 Å². The second kappa shape index (κ2) is 11.8. The number of sulfonamides is 1. The fourth-order valence-corrected chi connectivity index (χ4v) is 6.89. The van der Waals surface area contributed by atoms with Crippen LogP contribution in [0.15, 0.2) is 142 Å². The second-order valence-electron chi connectivity index (χ2n) is 10.6. The molecule has 2 atom stereocenters. The van der Waals surface area contributed by atoms with Gasteiger partial charge in [-0.05, 0) is 47.0 Å². The van der Waals surface area contributed by atoms with Crippen LogP contribution in [0.3, 0.4) is 0 Å². The van der Waals surface area contributed by atoms with Crippen LogP contribution in [0.5, 0.6) is 0 Å². The molecule has 0 radical (unpaired) electrons. The van der Waals surface area contributed by atoms with Gasteiger partial charge in [0.1, 0.15) is 5.58 Å². The standard InChI is InChI=1S/C36H29NO5S/c1-24-18-20-27(21-19-24)43(40,41)37-36(30-16-9-13-25-10-5-6-14-28(25)30)32(22-33(38)26-11-3-2-4-12-26)31-23-35(39)42-34-17-8-7-15-29(31)34/h2-21,23,32,36-37H,22H2,1H3/t32-,36+/m0/s1. The molecule has 0 aliphatic carbocycles. The Morgan fingerprint density at radius 2 is 1.40 bits per heavy atom. The predicted molar refractivity (Wildman–Crippen MR) is 169 cm³/mol. The molecule has 43 heavy (non-hydrogen) atoms. The molecule has 1 N–H and O–H groups in total. The van der Waals surface area contributed by atoms with Crippen LogP contribution >= 0.6 is 0 Å². The minimum atomic E-state index is -4.07. The van der Waals surface area contributed by atoms with Crippen LogP contribution in [-0.2, 0) is 10.0 Å². The van der Waals surface area contributed by atoms with Gasteiger partial charge in [0.2, 0.25) is 10.0 Å². The third kappa shape index (κ3) is 5.91. The van der Waals surface area contributed by atoms with Crippen LogP contribution in [0.4, 0.5) is 0 Å². The zero-order valence-corrected chi connectivity index (χ0v) is 24.3. The summed E-state index contributed by atoms with van der Waals surface area (Å²) in [7, 11) is -4.07. The average molecular weight is 588 g/mol. The molecular weight excluding hydrogens is 558 g/mol. The molecule has 0 saturated heterocycles. The number of aryl methyl sites for hydroxylation is 1. The van der Waals surface area contributed by atoms with Crippen molar-refractivity contribution >= 4 is 37.5 Å². The number of hydrogen-bond acceptors (Lipinski definition) is 5. The minimum Gasteiger partial charge on any atom is -0.423 e. The predicted octanol–water partition coefficient (Wildman–Crippen LogP) is 7.33. The lowest BCUT2D eigenvalue weighted by molar-refractivity contribution is 0.0968. The van der Waals surface area contributed by atoms with Crippen LogP contribution in [-0.4, -0.2) is 14.2 Å². The number of carbonyl (C=O) groups excluding carboxylic acids is 1. The van der Waals surface area contributed by atoms with Gasteiger partial charge in [-0.2, -0.15) is 0 Å². The van der Waals surface area contributed by atoms with Crippen LogP contribution in [0, 0.1) is 6.92 Å². The van der Waals surface area contributed by atoms with Crippen molar-refractivity contribution in [1.82, 2.24) is 4.72 Å². The van der Waals surface area contributed by atoms with E-state index in [1.165, 1.54) is 6.07 Å². The fourth-order valence-electron chi connectivity index (χ4n) is 5.63. The molecule has 1 aromatic heterocycles. The smallest absolute Gasteiger partial charge is 0.336 e. The monoisotopic (exact) mass is 587 g/mol. The number of para-hydroxylation sites is 1. The van der Waals surface area contributed by atoms with Crippen molar-refractivity contribution in [2.45, 2.75) is 30.2 Å². The van der Waals surface area contributed by atoms with Crippen LogP contribution in [0.1, 0.15) is 45.4 Å². The Labute approximate surface area is 249 Å². The third-order valence-corrected chi connectivity index (χ3v) is 9.21. The summed E-state index contributed by atoms with van der Waals surface area (Å²) in [6.07, 6.45) is -0.0677. The Hall–Kier alpha value is -4.85. The van der Waals surface area contributed by atoms with E-state index in [1.54, 1.807) is 60.7 Å². The molecule has 6 aromatic rings. The molecule has 0 fully saturated rings.